The van der Waals surface area contributed by atoms with Crippen LogP contribution in [0.3, 0.4) is 0 Å². The highest BCUT2D eigenvalue weighted by Gasteiger charge is 2.49. The van der Waals surface area contributed by atoms with Crippen molar-refractivity contribution >= 4 is 29.4 Å². The average Bonchev–Trinajstić information content (AvgIpc) is 3.54. The Labute approximate surface area is 172 Å². The fraction of sp³-hybridized carbons (Fsp3) is 0.273. The second-order valence-electron chi connectivity index (χ2n) is 7.25. The van der Waals surface area contributed by atoms with E-state index in [1.54, 1.807) is 6.07 Å². The largest absolute Gasteiger partial charge is 0.465 e. The highest BCUT2D eigenvalue weighted by Crippen LogP contribution is 2.35. The lowest BCUT2D eigenvalue weighted by Crippen LogP contribution is -2.47. The molecule has 2 aromatic carbocycles. The van der Waals surface area contributed by atoms with Crippen LogP contribution in [0.1, 0.15) is 40.0 Å². The first-order valence-electron chi connectivity index (χ1n) is 9.54. The van der Waals surface area contributed by atoms with E-state index < -0.39 is 35.5 Å². The van der Waals surface area contributed by atoms with Gasteiger partial charge in [-0.25, -0.2) is 14.1 Å². The zero-order chi connectivity index (χ0) is 21.4. The van der Waals surface area contributed by atoms with Crippen LogP contribution < -0.4 is 4.90 Å². The van der Waals surface area contributed by atoms with Crippen molar-refractivity contribution in [2.24, 2.45) is 0 Å². The first-order valence-corrected chi connectivity index (χ1v) is 9.54. The van der Waals surface area contributed by atoms with Crippen molar-refractivity contribution in [1.82, 2.24) is 4.90 Å². The molecule has 0 bridgehead atoms. The number of esters is 1. The summed E-state index contributed by atoms with van der Waals surface area (Å²) in [5.74, 6) is -2.79. The van der Waals surface area contributed by atoms with Gasteiger partial charge in [-0.1, -0.05) is 12.1 Å². The molecule has 8 heteroatoms. The number of hydrogen-bond donors (Lipinski definition) is 0. The second-order valence-corrected chi connectivity index (χ2v) is 7.25. The summed E-state index contributed by atoms with van der Waals surface area (Å²) in [7, 11) is 1.26. The molecule has 30 heavy (non-hydrogen) atoms. The monoisotopic (exact) mass is 410 g/mol. The van der Waals surface area contributed by atoms with Crippen molar-refractivity contribution < 1.29 is 28.3 Å². The third-order valence-corrected chi connectivity index (χ3v) is 5.28. The minimum Gasteiger partial charge on any atom is -0.465 e. The predicted molar refractivity (Wildman–Crippen MR) is 104 cm³/mol. The quantitative estimate of drug-likeness (QED) is 0.559. The van der Waals surface area contributed by atoms with E-state index in [1.807, 2.05) is 0 Å². The molecule has 154 valence electrons. The van der Waals surface area contributed by atoms with E-state index in [1.165, 1.54) is 54.5 Å². The maximum absolute atomic E-state index is 14.2. The maximum Gasteiger partial charge on any atom is 0.337 e. The summed E-state index contributed by atoms with van der Waals surface area (Å²) in [4.78, 5) is 52.7. The smallest absolute Gasteiger partial charge is 0.337 e. The fourth-order valence-corrected chi connectivity index (χ4v) is 3.66. The third-order valence-electron chi connectivity index (χ3n) is 5.28. The van der Waals surface area contributed by atoms with E-state index >= 15 is 0 Å². The van der Waals surface area contributed by atoms with Gasteiger partial charge in [-0.15, -0.1) is 0 Å². The van der Waals surface area contributed by atoms with Gasteiger partial charge in [-0.05, 0) is 49.2 Å². The summed E-state index contributed by atoms with van der Waals surface area (Å²) in [5, 5.41) is 0. The van der Waals surface area contributed by atoms with Crippen LogP contribution in [0, 0.1) is 5.82 Å². The number of rotatable bonds is 5. The molecular weight excluding hydrogens is 391 g/mol. The highest BCUT2D eigenvalue weighted by molar-refractivity contribution is 6.23. The van der Waals surface area contributed by atoms with Crippen LogP contribution in [0.15, 0.2) is 48.5 Å². The van der Waals surface area contributed by atoms with E-state index in [0.29, 0.717) is 18.5 Å². The maximum atomic E-state index is 14.2. The minimum atomic E-state index is -0.989. The molecule has 0 radical (unpaired) electrons. The number of anilines is 1. The molecule has 1 saturated carbocycles. The summed E-state index contributed by atoms with van der Waals surface area (Å²) in [6.45, 7) is 0. The van der Waals surface area contributed by atoms with Gasteiger partial charge < -0.3 is 9.64 Å². The molecule has 1 atom stereocenters. The molecular formula is C22H19FN2O5. The number of imide groups is 1. The molecule has 1 aliphatic carbocycles. The van der Waals surface area contributed by atoms with Gasteiger partial charge in [0, 0.05) is 6.04 Å². The number of ether oxygens (including phenoxy) is 1. The lowest BCUT2D eigenvalue weighted by atomic mass is 10.1. The first-order chi connectivity index (χ1) is 14.4. The van der Waals surface area contributed by atoms with Crippen LogP contribution in [-0.4, -0.2) is 47.8 Å². The number of methoxy groups -OCH3 is 1. The Balaban J connectivity index is 1.61. The van der Waals surface area contributed by atoms with Crippen molar-refractivity contribution in [3.8, 4) is 0 Å². The Morgan fingerprint density at radius 3 is 2.33 bits per heavy atom. The average molecular weight is 410 g/mol. The second kappa shape index (κ2) is 7.70. The van der Waals surface area contributed by atoms with Gasteiger partial charge in [0.25, 0.3) is 11.8 Å². The molecule has 0 aromatic heterocycles. The number of nitrogens with zero attached hydrogens (tertiary/aromatic N) is 2. The minimum absolute atomic E-state index is 0.120. The van der Waals surface area contributed by atoms with Crippen LogP contribution in [0.4, 0.5) is 10.1 Å². The zero-order valence-electron chi connectivity index (χ0n) is 16.2. The SMILES string of the molecule is COC(=O)c1ccc(N2C(=O)CC(N(C(=O)c3ccccc3F)C3CC3)C2=O)cc1. The Morgan fingerprint density at radius 2 is 1.73 bits per heavy atom. The van der Waals surface area contributed by atoms with E-state index in [-0.39, 0.29) is 23.6 Å². The van der Waals surface area contributed by atoms with Gasteiger partial charge in [-0.2, -0.15) is 0 Å². The summed E-state index contributed by atoms with van der Waals surface area (Å²) >= 11 is 0. The van der Waals surface area contributed by atoms with Crippen molar-refractivity contribution in [1.29, 1.82) is 0 Å². The topological polar surface area (TPSA) is 84.0 Å². The van der Waals surface area contributed by atoms with Gasteiger partial charge in [-0.3, -0.25) is 14.4 Å². The lowest BCUT2D eigenvalue weighted by molar-refractivity contribution is -0.122. The standard InChI is InChI=1S/C22H19FN2O5/c1-30-22(29)13-6-8-15(9-7-13)25-19(26)12-18(21(25)28)24(14-10-11-14)20(27)16-4-2-3-5-17(16)23/h2-9,14,18H,10-12H2,1H3. The number of benzene rings is 2. The molecule has 1 heterocycles. The Kier molecular flexibility index (Phi) is 5.07. The van der Waals surface area contributed by atoms with Crippen molar-refractivity contribution in [3.05, 3.63) is 65.5 Å². The lowest BCUT2D eigenvalue weighted by Gasteiger charge is -2.27. The summed E-state index contributed by atoms with van der Waals surface area (Å²) in [6, 6.07) is 10.3. The molecule has 2 aromatic rings. The Morgan fingerprint density at radius 1 is 1.07 bits per heavy atom. The molecule has 1 saturated heterocycles. The molecule has 4 rings (SSSR count). The number of carbonyl (C=O) groups excluding carboxylic acids is 4. The van der Waals surface area contributed by atoms with Crippen LogP contribution >= 0.6 is 0 Å². The summed E-state index contributed by atoms with van der Waals surface area (Å²) in [6.07, 6.45) is 1.23. The van der Waals surface area contributed by atoms with Crippen LogP contribution in [0.5, 0.6) is 0 Å². The molecule has 2 fully saturated rings. The fourth-order valence-electron chi connectivity index (χ4n) is 3.66. The van der Waals surface area contributed by atoms with Crippen molar-refractivity contribution in [2.45, 2.75) is 31.3 Å². The number of amides is 3. The van der Waals surface area contributed by atoms with E-state index in [0.717, 1.165) is 4.90 Å². The number of hydrogen-bond acceptors (Lipinski definition) is 5. The molecule has 7 nitrogen and oxygen atoms in total. The van der Waals surface area contributed by atoms with Gasteiger partial charge in [0.05, 0.1) is 30.3 Å². The van der Waals surface area contributed by atoms with E-state index in [2.05, 4.69) is 4.74 Å². The van der Waals surface area contributed by atoms with E-state index in [9.17, 15) is 23.6 Å². The van der Waals surface area contributed by atoms with E-state index in [4.69, 9.17) is 0 Å². The molecule has 1 aliphatic heterocycles. The normalized spacial score (nSPS) is 18.5. The van der Waals surface area contributed by atoms with Crippen LogP contribution in [0.2, 0.25) is 0 Å². The van der Waals surface area contributed by atoms with Gasteiger partial charge in [0.1, 0.15) is 11.9 Å². The van der Waals surface area contributed by atoms with Gasteiger partial charge in [0.2, 0.25) is 5.91 Å². The Bertz CT molecular complexity index is 1030. The molecule has 2 aliphatic rings. The molecule has 1 unspecified atom stereocenters. The van der Waals surface area contributed by atoms with Gasteiger partial charge >= 0.3 is 5.97 Å². The molecule has 0 N–H and O–H groups in total. The van der Waals surface area contributed by atoms with Crippen LogP contribution in [-0.2, 0) is 14.3 Å². The summed E-state index contributed by atoms with van der Waals surface area (Å²) in [5.41, 5.74) is 0.464. The number of halogens is 1. The third kappa shape index (κ3) is 3.45. The predicted octanol–water partition coefficient (Wildman–Crippen LogP) is 2.55. The Hall–Kier alpha value is -3.55. The first kappa shape index (κ1) is 19.8. The zero-order valence-corrected chi connectivity index (χ0v) is 16.2. The van der Waals surface area contributed by atoms with Crippen LogP contribution in [0.25, 0.3) is 0 Å². The van der Waals surface area contributed by atoms with Crippen molar-refractivity contribution in [3.63, 3.8) is 0 Å². The highest BCUT2D eigenvalue weighted by atomic mass is 19.1. The molecule has 0 spiro atoms. The van der Waals surface area contributed by atoms with Crippen molar-refractivity contribution in [2.75, 3.05) is 12.0 Å². The number of carbonyl (C=O) groups is 4. The van der Waals surface area contributed by atoms with Gasteiger partial charge in [0.15, 0.2) is 0 Å². The summed E-state index contributed by atoms with van der Waals surface area (Å²) < 4.78 is 18.8. The molecule has 3 amide bonds.